The summed E-state index contributed by atoms with van der Waals surface area (Å²) in [6.07, 6.45) is 1.98. The standard InChI is InChI=1S/C11H12O4S/c1-15-9(12)7-4-8(16-6-7)5-11(2-3-11)10(13)14/h4,6H,2-3,5H2,1H3,(H,13,14). The molecule has 1 aliphatic rings. The number of methoxy groups -OCH3 is 1. The number of thiophene rings is 1. The predicted octanol–water partition coefficient (Wildman–Crippen LogP) is 1.94. The van der Waals surface area contributed by atoms with Gasteiger partial charge in [0.05, 0.1) is 18.1 Å². The molecular formula is C11H12O4S. The minimum absolute atomic E-state index is 0.373. The Kier molecular flexibility index (Phi) is 2.71. The first-order valence-corrected chi connectivity index (χ1v) is 5.84. The molecule has 0 bridgehead atoms. The average Bonchev–Trinajstić information content (AvgIpc) is 2.89. The van der Waals surface area contributed by atoms with Crippen LogP contribution in [0.4, 0.5) is 0 Å². The van der Waals surface area contributed by atoms with E-state index >= 15 is 0 Å². The molecule has 86 valence electrons. The molecular weight excluding hydrogens is 228 g/mol. The molecule has 1 aromatic heterocycles. The summed E-state index contributed by atoms with van der Waals surface area (Å²) < 4.78 is 4.59. The maximum atomic E-state index is 11.2. The summed E-state index contributed by atoms with van der Waals surface area (Å²) >= 11 is 1.41. The van der Waals surface area contributed by atoms with Gasteiger partial charge in [-0.2, -0.15) is 0 Å². The van der Waals surface area contributed by atoms with Gasteiger partial charge >= 0.3 is 11.9 Å². The van der Waals surface area contributed by atoms with Crippen molar-refractivity contribution in [2.45, 2.75) is 19.3 Å². The van der Waals surface area contributed by atoms with Crippen LogP contribution in [0.25, 0.3) is 0 Å². The molecule has 4 nitrogen and oxygen atoms in total. The number of esters is 1. The SMILES string of the molecule is COC(=O)c1csc(CC2(C(=O)O)CC2)c1. The summed E-state index contributed by atoms with van der Waals surface area (Å²) in [5.41, 5.74) is -0.0678. The summed E-state index contributed by atoms with van der Waals surface area (Å²) in [4.78, 5) is 23.1. The Bertz CT molecular complexity index is 431. The van der Waals surface area contributed by atoms with Crippen molar-refractivity contribution in [2.75, 3.05) is 7.11 Å². The number of carboxylic acids is 1. The van der Waals surface area contributed by atoms with Crippen LogP contribution >= 0.6 is 11.3 Å². The molecule has 0 unspecified atom stereocenters. The molecule has 2 rings (SSSR count). The van der Waals surface area contributed by atoms with Crippen LogP contribution in [0, 0.1) is 5.41 Å². The van der Waals surface area contributed by atoms with Crippen molar-refractivity contribution in [3.8, 4) is 0 Å². The summed E-state index contributed by atoms with van der Waals surface area (Å²) in [7, 11) is 1.33. The van der Waals surface area contributed by atoms with Gasteiger partial charge in [-0.15, -0.1) is 11.3 Å². The smallest absolute Gasteiger partial charge is 0.338 e. The lowest BCUT2D eigenvalue weighted by Gasteiger charge is -2.06. The summed E-state index contributed by atoms with van der Waals surface area (Å²) in [6.45, 7) is 0. The van der Waals surface area contributed by atoms with Crippen molar-refractivity contribution >= 4 is 23.3 Å². The third-order valence-corrected chi connectivity index (χ3v) is 3.83. The molecule has 5 heteroatoms. The second-order valence-electron chi connectivity index (χ2n) is 4.06. The zero-order valence-corrected chi connectivity index (χ0v) is 9.67. The average molecular weight is 240 g/mol. The van der Waals surface area contributed by atoms with E-state index < -0.39 is 11.4 Å². The maximum Gasteiger partial charge on any atom is 0.338 e. The Labute approximate surface area is 96.9 Å². The number of ether oxygens (including phenoxy) is 1. The fourth-order valence-electron chi connectivity index (χ4n) is 1.65. The van der Waals surface area contributed by atoms with Crippen LogP contribution in [0.2, 0.25) is 0 Å². The van der Waals surface area contributed by atoms with Crippen LogP contribution in [-0.4, -0.2) is 24.2 Å². The number of carbonyl (C=O) groups is 2. The van der Waals surface area contributed by atoms with Gasteiger partial charge in [0.15, 0.2) is 0 Å². The van der Waals surface area contributed by atoms with Gasteiger partial charge in [-0.25, -0.2) is 4.79 Å². The molecule has 16 heavy (non-hydrogen) atoms. The van der Waals surface area contributed by atoms with E-state index in [-0.39, 0.29) is 5.97 Å². The van der Waals surface area contributed by atoms with E-state index in [0.29, 0.717) is 12.0 Å². The van der Waals surface area contributed by atoms with Gasteiger partial charge < -0.3 is 9.84 Å². The highest BCUT2D eigenvalue weighted by atomic mass is 32.1. The molecule has 1 saturated carbocycles. The lowest BCUT2D eigenvalue weighted by Crippen LogP contribution is -2.16. The van der Waals surface area contributed by atoms with Gasteiger partial charge in [-0.05, 0) is 25.3 Å². The van der Waals surface area contributed by atoms with Crippen molar-refractivity contribution in [1.29, 1.82) is 0 Å². The fourth-order valence-corrected chi connectivity index (χ4v) is 2.65. The molecule has 0 radical (unpaired) electrons. The third kappa shape index (κ3) is 1.95. The van der Waals surface area contributed by atoms with Gasteiger partial charge in [0.2, 0.25) is 0 Å². The van der Waals surface area contributed by atoms with Crippen LogP contribution < -0.4 is 0 Å². The monoisotopic (exact) mass is 240 g/mol. The Balaban J connectivity index is 2.09. The quantitative estimate of drug-likeness (QED) is 0.817. The van der Waals surface area contributed by atoms with Crippen LogP contribution in [-0.2, 0) is 16.0 Å². The number of aliphatic carboxylic acids is 1. The molecule has 0 atom stereocenters. The molecule has 0 saturated heterocycles. The minimum atomic E-state index is -0.736. The van der Waals surface area contributed by atoms with Gasteiger partial charge in [-0.3, -0.25) is 4.79 Å². The Morgan fingerprint density at radius 1 is 1.56 bits per heavy atom. The lowest BCUT2D eigenvalue weighted by molar-refractivity contribution is -0.143. The lowest BCUT2D eigenvalue weighted by atomic mass is 10.0. The van der Waals surface area contributed by atoms with Gasteiger partial charge in [0, 0.05) is 10.3 Å². The van der Waals surface area contributed by atoms with Crippen molar-refractivity contribution in [3.63, 3.8) is 0 Å². The Hall–Kier alpha value is -1.36. The third-order valence-electron chi connectivity index (χ3n) is 2.89. The number of rotatable bonds is 4. The first-order valence-electron chi connectivity index (χ1n) is 4.96. The first-order chi connectivity index (χ1) is 7.57. The van der Waals surface area contributed by atoms with Gasteiger partial charge in [-0.1, -0.05) is 0 Å². The molecule has 0 aliphatic heterocycles. The van der Waals surface area contributed by atoms with E-state index in [1.54, 1.807) is 11.4 Å². The molecule has 1 aliphatic carbocycles. The van der Waals surface area contributed by atoms with Crippen LogP contribution in [0.1, 0.15) is 28.1 Å². The molecule has 1 fully saturated rings. The first kappa shape index (κ1) is 11.1. The highest BCUT2D eigenvalue weighted by Gasteiger charge is 2.50. The van der Waals surface area contributed by atoms with Crippen LogP contribution in [0.5, 0.6) is 0 Å². The summed E-state index contributed by atoms with van der Waals surface area (Å²) in [5, 5.41) is 10.7. The van der Waals surface area contributed by atoms with Crippen LogP contribution in [0.3, 0.4) is 0 Å². The molecule has 1 N–H and O–H groups in total. The van der Waals surface area contributed by atoms with E-state index in [9.17, 15) is 9.59 Å². The largest absolute Gasteiger partial charge is 0.481 e. The number of carbonyl (C=O) groups excluding carboxylic acids is 1. The van der Waals surface area contributed by atoms with E-state index in [4.69, 9.17) is 5.11 Å². The van der Waals surface area contributed by atoms with Crippen molar-refractivity contribution in [2.24, 2.45) is 5.41 Å². The summed E-state index contributed by atoms with van der Waals surface area (Å²) in [6, 6.07) is 1.72. The second kappa shape index (κ2) is 3.90. The summed E-state index contributed by atoms with van der Waals surface area (Å²) in [5.74, 6) is -1.11. The van der Waals surface area contributed by atoms with E-state index in [2.05, 4.69) is 4.74 Å². The normalized spacial score (nSPS) is 16.8. The van der Waals surface area contributed by atoms with Crippen molar-refractivity contribution < 1.29 is 19.4 Å². The molecule has 0 aromatic carbocycles. The predicted molar refractivity (Wildman–Crippen MR) is 58.7 cm³/mol. The molecule has 0 amide bonds. The highest BCUT2D eigenvalue weighted by molar-refractivity contribution is 7.10. The van der Waals surface area contributed by atoms with E-state index in [1.165, 1.54) is 18.4 Å². The molecule has 1 aromatic rings. The van der Waals surface area contributed by atoms with E-state index in [0.717, 1.165) is 17.7 Å². The number of carboxylic acid groups (broad SMARTS) is 1. The fraction of sp³-hybridized carbons (Fsp3) is 0.455. The van der Waals surface area contributed by atoms with Crippen LogP contribution in [0.15, 0.2) is 11.4 Å². The van der Waals surface area contributed by atoms with E-state index in [1.807, 2.05) is 0 Å². The topological polar surface area (TPSA) is 63.6 Å². The van der Waals surface area contributed by atoms with Crippen molar-refractivity contribution in [1.82, 2.24) is 0 Å². The molecule has 0 spiro atoms. The maximum absolute atomic E-state index is 11.2. The minimum Gasteiger partial charge on any atom is -0.481 e. The van der Waals surface area contributed by atoms with Gasteiger partial charge in [0.1, 0.15) is 0 Å². The van der Waals surface area contributed by atoms with Gasteiger partial charge in [0.25, 0.3) is 0 Å². The Morgan fingerprint density at radius 2 is 2.25 bits per heavy atom. The molecule has 1 heterocycles. The zero-order valence-electron chi connectivity index (χ0n) is 8.86. The number of hydrogen-bond donors (Lipinski definition) is 1. The van der Waals surface area contributed by atoms with Crippen molar-refractivity contribution in [3.05, 3.63) is 21.9 Å². The number of hydrogen-bond acceptors (Lipinski definition) is 4. The zero-order chi connectivity index (χ0) is 11.8. The highest BCUT2D eigenvalue weighted by Crippen LogP contribution is 2.49. The Morgan fingerprint density at radius 3 is 2.75 bits per heavy atom. The second-order valence-corrected chi connectivity index (χ2v) is 5.05.